The lowest BCUT2D eigenvalue weighted by molar-refractivity contribution is -0.160. The monoisotopic (exact) mass is 587 g/mol. The van der Waals surface area contributed by atoms with Gasteiger partial charge >= 0.3 is 19.8 Å². The minimum absolute atomic E-state index is 0.00471. The molecule has 2 rings (SSSR count). The third-order valence-electron chi connectivity index (χ3n) is 6.61. The quantitative estimate of drug-likeness (QED) is 0.0370. The molecule has 0 aliphatic carbocycles. The summed E-state index contributed by atoms with van der Waals surface area (Å²) in [6.45, 7) is 6.59. The molecule has 0 aromatic heterocycles. The summed E-state index contributed by atoms with van der Waals surface area (Å²) < 4.78 is 43.1. The maximum absolute atomic E-state index is 12.3. The van der Waals surface area contributed by atoms with Crippen LogP contribution < -0.4 is 0 Å². The summed E-state index contributed by atoms with van der Waals surface area (Å²) in [5.41, 5.74) is 0. The number of esters is 2. The topological polar surface area (TPSA) is 133 Å². The van der Waals surface area contributed by atoms with Crippen LogP contribution in [0, 0.1) is 6.92 Å². The molecule has 0 aromatic carbocycles. The fourth-order valence-electron chi connectivity index (χ4n) is 4.22. The maximum atomic E-state index is 12.3. The molecule has 2 aliphatic heterocycles. The molecule has 6 atom stereocenters. The number of hydrogen-bond acceptors (Lipinski definition) is 9. The van der Waals surface area contributed by atoms with E-state index < -0.39 is 32.5 Å². The normalized spacial score (nSPS) is 24.2. The van der Waals surface area contributed by atoms with Gasteiger partial charge in [0.2, 0.25) is 0 Å². The van der Waals surface area contributed by atoms with Crippen LogP contribution in [0.1, 0.15) is 90.9 Å². The largest absolute Gasteiger partial charge is 0.475 e. The van der Waals surface area contributed by atoms with Crippen molar-refractivity contribution in [3.05, 3.63) is 31.2 Å². The molecule has 0 aromatic rings. The van der Waals surface area contributed by atoms with E-state index in [1.165, 1.54) is 32.1 Å². The summed E-state index contributed by atoms with van der Waals surface area (Å²) in [5, 5.41) is 0. The lowest BCUT2D eigenvalue weighted by atomic mass is 10.1. The molecule has 2 heterocycles. The van der Waals surface area contributed by atoms with Gasteiger partial charge in [0.05, 0.1) is 50.8 Å². The van der Waals surface area contributed by atoms with E-state index >= 15 is 0 Å². The fourth-order valence-corrected chi connectivity index (χ4v) is 4.88. The van der Waals surface area contributed by atoms with Crippen LogP contribution in [0.4, 0.5) is 0 Å². The number of epoxide rings is 2. The fraction of sp³-hybridized carbons (Fsp3) is 0.759. The van der Waals surface area contributed by atoms with Crippen LogP contribution in [0.2, 0.25) is 0 Å². The minimum Gasteiger partial charge on any atom is -0.461 e. The van der Waals surface area contributed by atoms with Gasteiger partial charge in [0, 0.05) is 0 Å². The van der Waals surface area contributed by atoms with Gasteiger partial charge in [-0.2, -0.15) is 0 Å². The Bertz CT molecular complexity index is 845. The highest BCUT2D eigenvalue weighted by Crippen LogP contribution is 2.43. The predicted octanol–water partition coefficient (Wildman–Crippen LogP) is 5.78. The van der Waals surface area contributed by atoms with Gasteiger partial charge < -0.3 is 23.8 Å². The predicted molar refractivity (Wildman–Crippen MR) is 150 cm³/mol. The van der Waals surface area contributed by atoms with Crippen LogP contribution in [0.3, 0.4) is 0 Å². The first kappa shape index (κ1) is 34.5. The molecule has 40 heavy (non-hydrogen) atoms. The maximum Gasteiger partial charge on any atom is 0.475 e. The van der Waals surface area contributed by atoms with Crippen LogP contribution in [0.25, 0.3) is 0 Å². The number of ether oxygens (including phenoxy) is 4. The van der Waals surface area contributed by atoms with Gasteiger partial charge in [-0.25, -0.2) is 9.09 Å². The van der Waals surface area contributed by atoms with Crippen molar-refractivity contribution in [1.82, 2.24) is 0 Å². The molecule has 0 bridgehead atoms. The van der Waals surface area contributed by atoms with Crippen molar-refractivity contribution in [1.29, 1.82) is 0 Å². The van der Waals surface area contributed by atoms with Gasteiger partial charge in [0.1, 0.15) is 6.61 Å². The van der Waals surface area contributed by atoms with Crippen molar-refractivity contribution >= 4 is 19.8 Å². The highest BCUT2D eigenvalue weighted by Gasteiger charge is 2.37. The zero-order valence-corrected chi connectivity index (χ0v) is 25.0. The van der Waals surface area contributed by atoms with Gasteiger partial charge in [0.25, 0.3) is 0 Å². The molecule has 2 fully saturated rings. The first-order chi connectivity index (χ1) is 19.3. The SMILES string of the molecule is [CH2+]COP(=O)(O)OCC(COC(=O)C/C=C/CC1OC1CCCCC)OC(=O)C/C=C/CC1OC1CCCCC. The van der Waals surface area contributed by atoms with Crippen molar-refractivity contribution in [2.24, 2.45) is 0 Å². The number of hydrogen-bond donors (Lipinski definition) is 1. The summed E-state index contributed by atoms with van der Waals surface area (Å²) in [6.07, 6.45) is 17.9. The van der Waals surface area contributed by atoms with Crippen molar-refractivity contribution in [2.75, 3.05) is 19.8 Å². The van der Waals surface area contributed by atoms with E-state index in [1.807, 2.05) is 12.2 Å². The van der Waals surface area contributed by atoms with Gasteiger partial charge in [-0.15, -0.1) is 0 Å². The van der Waals surface area contributed by atoms with E-state index in [4.69, 9.17) is 23.5 Å². The summed E-state index contributed by atoms with van der Waals surface area (Å²) >= 11 is 0. The van der Waals surface area contributed by atoms with Crippen molar-refractivity contribution in [2.45, 2.75) is 121 Å². The number of phosphoric acid groups is 1. The average molecular weight is 588 g/mol. The standard InChI is InChI=1S/C29H47O10P/c1-4-7-9-15-24-26(38-24)17-11-13-19-28(30)34-21-23(22-36-40(32,33)35-6-3)37-29(31)20-14-12-18-27-25(39-27)16-10-8-5-2/h11-14,23-27H,3-10,15-22H2,1-2H3/p+1/b13-11+,14-12+. The van der Waals surface area contributed by atoms with Gasteiger partial charge in [-0.1, -0.05) is 76.7 Å². The minimum atomic E-state index is -4.37. The summed E-state index contributed by atoms with van der Waals surface area (Å²) in [6, 6.07) is 0. The third-order valence-corrected chi connectivity index (χ3v) is 7.59. The van der Waals surface area contributed by atoms with E-state index in [9.17, 15) is 19.0 Å². The lowest BCUT2D eigenvalue weighted by Crippen LogP contribution is -2.29. The number of carbonyl (C=O) groups excluding carboxylic acids is 2. The van der Waals surface area contributed by atoms with Crippen molar-refractivity contribution < 1.29 is 47.0 Å². The Balaban J connectivity index is 1.69. The number of carbonyl (C=O) groups is 2. The number of phosphoric ester groups is 1. The molecule has 0 spiro atoms. The molecule has 11 heteroatoms. The molecule has 0 saturated carbocycles. The second-order valence-corrected chi connectivity index (χ2v) is 11.6. The number of rotatable bonds is 24. The van der Waals surface area contributed by atoms with Gasteiger partial charge in [-0.3, -0.25) is 14.1 Å². The molecule has 228 valence electrons. The van der Waals surface area contributed by atoms with Gasteiger partial charge in [0.15, 0.2) is 12.7 Å². The first-order valence-corrected chi connectivity index (χ1v) is 16.1. The molecular weight excluding hydrogens is 539 g/mol. The average Bonchev–Trinajstić information content (AvgIpc) is 3.84. The highest BCUT2D eigenvalue weighted by molar-refractivity contribution is 7.47. The highest BCUT2D eigenvalue weighted by atomic mass is 31.2. The van der Waals surface area contributed by atoms with Crippen LogP contribution in [-0.4, -0.2) is 67.2 Å². The Kier molecular flexibility index (Phi) is 16.8. The summed E-state index contributed by atoms with van der Waals surface area (Å²) in [4.78, 5) is 34.2. The zero-order valence-electron chi connectivity index (χ0n) is 24.1. The summed E-state index contributed by atoms with van der Waals surface area (Å²) in [5.74, 6) is -1.10. The first-order valence-electron chi connectivity index (χ1n) is 14.6. The van der Waals surface area contributed by atoms with E-state index in [-0.39, 0.29) is 38.3 Å². The van der Waals surface area contributed by atoms with E-state index in [0.717, 1.165) is 32.1 Å². The summed E-state index contributed by atoms with van der Waals surface area (Å²) in [7, 11) is -4.37. The van der Waals surface area contributed by atoms with E-state index in [2.05, 4.69) is 25.3 Å². The molecule has 6 unspecified atom stereocenters. The Morgan fingerprint density at radius 1 is 0.825 bits per heavy atom. The van der Waals surface area contributed by atoms with Crippen LogP contribution in [-0.2, 0) is 42.1 Å². The molecule has 1 N–H and O–H groups in total. The molecule has 10 nitrogen and oxygen atoms in total. The Labute approximate surface area is 239 Å². The second-order valence-electron chi connectivity index (χ2n) is 10.1. The zero-order chi connectivity index (χ0) is 29.2. The molecule has 0 amide bonds. The Morgan fingerprint density at radius 3 is 1.90 bits per heavy atom. The van der Waals surface area contributed by atoms with Gasteiger partial charge in [-0.05, 0) is 25.7 Å². The Morgan fingerprint density at radius 2 is 1.38 bits per heavy atom. The van der Waals surface area contributed by atoms with E-state index in [1.54, 1.807) is 12.2 Å². The van der Waals surface area contributed by atoms with Crippen LogP contribution in [0.5, 0.6) is 0 Å². The Hall–Kier alpha value is -1.68. The van der Waals surface area contributed by atoms with Crippen molar-refractivity contribution in [3.8, 4) is 0 Å². The van der Waals surface area contributed by atoms with Crippen LogP contribution in [0.15, 0.2) is 24.3 Å². The smallest absolute Gasteiger partial charge is 0.461 e. The molecule has 0 radical (unpaired) electrons. The molecular formula is C29H48O10P+. The van der Waals surface area contributed by atoms with Crippen molar-refractivity contribution in [3.63, 3.8) is 0 Å². The molecule has 2 saturated heterocycles. The second kappa shape index (κ2) is 19.4. The number of unbranched alkanes of at least 4 members (excludes halogenated alkanes) is 4. The third kappa shape index (κ3) is 15.9. The van der Waals surface area contributed by atoms with E-state index in [0.29, 0.717) is 12.2 Å². The molecule has 2 aliphatic rings. The van der Waals surface area contributed by atoms with Crippen LogP contribution >= 0.6 is 7.82 Å². The lowest BCUT2D eigenvalue weighted by Gasteiger charge is -2.18.